The van der Waals surface area contributed by atoms with Gasteiger partial charge in [-0.15, -0.1) is 0 Å². The van der Waals surface area contributed by atoms with Crippen molar-refractivity contribution in [1.82, 2.24) is 4.90 Å². The lowest BCUT2D eigenvalue weighted by molar-refractivity contribution is -0.123. The number of nitrogens with zero attached hydrogens (tertiary/aromatic N) is 1. The number of benzene rings is 4. The van der Waals surface area contributed by atoms with Crippen molar-refractivity contribution >= 4 is 45.7 Å². The normalized spacial score (nSPS) is 14.7. The van der Waals surface area contributed by atoms with Crippen LogP contribution in [0.1, 0.15) is 27.0 Å². The Kier molecular flexibility index (Phi) is 6.21. The van der Waals surface area contributed by atoms with E-state index in [2.05, 4.69) is 0 Å². The molecule has 0 aliphatic carbocycles. The lowest BCUT2D eigenvalue weighted by atomic mass is 10.0. The van der Waals surface area contributed by atoms with Crippen LogP contribution in [0.15, 0.2) is 95.9 Å². The second kappa shape index (κ2) is 9.60. The molecule has 1 aliphatic rings. The molecule has 0 aromatic heterocycles. The minimum atomic E-state index is -0.461. The Hall–Kier alpha value is -4.16. The third-order valence-electron chi connectivity index (χ3n) is 5.67. The number of amides is 2. The zero-order valence-corrected chi connectivity index (χ0v) is 19.7. The van der Waals surface area contributed by atoms with Crippen LogP contribution in [0.5, 0.6) is 5.75 Å². The summed E-state index contributed by atoms with van der Waals surface area (Å²) >= 11 is 0.909. The van der Waals surface area contributed by atoms with Crippen molar-refractivity contribution in [3.05, 3.63) is 118 Å². The number of aryl methyl sites for hydroxylation is 1. The van der Waals surface area contributed by atoms with Gasteiger partial charge >= 0.3 is 5.97 Å². The zero-order chi connectivity index (χ0) is 24.4. The molecule has 4 aromatic rings. The van der Waals surface area contributed by atoms with Crippen LogP contribution in [0.25, 0.3) is 16.8 Å². The standard InChI is InChI=1S/C29H21NO4S/c1-19-7-4-9-21(15-19)18-30-27(31)26(35-29(30)33)17-20-8-5-12-23(16-20)34-28(32)25-14-6-11-22-10-2-3-13-24(22)25/h2-17H,18H2,1H3/b26-17-. The van der Waals surface area contributed by atoms with Crippen LogP contribution >= 0.6 is 11.8 Å². The molecule has 4 aromatic carbocycles. The van der Waals surface area contributed by atoms with Crippen LogP contribution in [-0.2, 0) is 11.3 Å². The molecule has 1 heterocycles. The summed E-state index contributed by atoms with van der Waals surface area (Å²) < 4.78 is 5.64. The minimum absolute atomic E-state index is 0.229. The Labute approximate surface area is 207 Å². The van der Waals surface area contributed by atoms with Crippen LogP contribution < -0.4 is 4.74 Å². The third-order valence-corrected chi connectivity index (χ3v) is 6.58. The topological polar surface area (TPSA) is 63.7 Å². The predicted molar refractivity (Wildman–Crippen MR) is 138 cm³/mol. The van der Waals surface area contributed by atoms with E-state index in [1.54, 1.807) is 36.4 Å². The van der Waals surface area contributed by atoms with E-state index in [0.29, 0.717) is 21.8 Å². The highest BCUT2D eigenvalue weighted by Crippen LogP contribution is 2.34. The van der Waals surface area contributed by atoms with E-state index in [9.17, 15) is 14.4 Å². The number of thioether (sulfide) groups is 1. The van der Waals surface area contributed by atoms with E-state index >= 15 is 0 Å². The Balaban J connectivity index is 1.34. The lowest BCUT2D eigenvalue weighted by Gasteiger charge is -2.12. The molecule has 0 N–H and O–H groups in total. The number of hydrogen-bond acceptors (Lipinski definition) is 5. The fourth-order valence-corrected chi connectivity index (χ4v) is 4.85. The monoisotopic (exact) mass is 479 g/mol. The molecule has 35 heavy (non-hydrogen) atoms. The van der Waals surface area contributed by atoms with E-state index < -0.39 is 5.97 Å². The molecule has 1 aliphatic heterocycles. The van der Waals surface area contributed by atoms with Gasteiger partial charge in [0, 0.05) is 0 Å². The predicted octanol–water partition coefficient (Wildman–Crippen LogP) is 6.60. The van der Waals surface area contributed by atoms with Gasteiger partial charge in [-0.1, -0.05) is 78.4 Å². The number of rotatable bonds is 5. The fraction of sp³-hybridized carbons (Fsp3) is 0.0690. The highest BCUT2D eigenvalue weighted by molar-refractivity contribution is 8.18. The molecule has 0 bridgehead atoms. The summed E-state index contributed by atoms with van der Waals surface area (Å²) in [4.78, 5) is 39.9. The molecular formula is C29H21NO4S. The van der Waals surface area contributed by atoms with Gasteiger partial charge < -0.3 is 4.74 Å². The molecule has 0 radical (unpaired) electrons. The Bertz CT molecular complexity index is 1500. The molecule has 0 spiro atoms. The number of carbonyl (C=O) groups excluding carboxylic acids is 3. The Morgan fingerprint density at radius 1 is 0.914 bits per heavy atom. The number of fused-ring (bicyclic) bond motifs is 1. The maximum atomic E-state index is 12.9. The van der Waals surface area contributed by atoms with Gasteiger partial charge in [0.05, 0.1) is 17.0 Å². The summed E-state index contributed by atoms with van der Waals surface area (Å²) in [6.07, 6.45) is 1.65. The molecule has 5 rings (SSSR count). The molecule has 2 amide bonds. The van der Waals surface area contributed by atoms with Gasteiger partial charge in [-0.2, -0.15) is 0 Å². The van der Waals surface area contributed by atoms with E-state index in [1.165, 1.54) is 4.90 Å². The van der Waals surface area contributed by atoms with Crippen LogP contribution in [-0.4, -0.2) is 22.0 Å². The van der Waals surface area contributed by atoms with Crippen LogP contribution in [0.3, 0.4) is 0 Å². The smallest absolute Gasteiger partial charge is 0.344 e. The minimum Gasteiger partial charge on any atom is -0.423 e. The summed E-state index contributed by atoms with van der Waals surface area (Å²) in [5.41, 5.74) is 3.11. The van der Waals surface area contributed by atoms with E-state index in [1.807, 2.05) is 67.6 Å². The van der Waals surface area contributed by atoms with Crippen LogP contribution in [0, 0.1) is 6.92 Å². The SMILES string of the molecule is Cc1cccc(CN2C(=O)S/C(=C\c3cccc(OC(=O)c4cccc5ccccc45)c3)C2=O)c1. The summed E-state index contributed by atoms with van der Waals surface area (Å²) in [7, 11) is 0. The van der Waals surface area contributed by atoms with Crippen LogP contribution in [0.2, 0.25) is 0 Å². The van der Waals surface area contributed by atoms with Crippen molar-refractivity contribution in [2.75, 3.05) is 0 Å². The number of hydrogen-bond donors (Lipinski definition) is 0. The summed E-state index contributed by atoms with van der Waals surface area (Å²) in [5, 5.41) is 1.47. The molecule has 0 atom stereocenters. The van der Waals surface area contributed by atoms with Gasteiger partial charge in [0.15, 0.2) is 0 Å². The lowest BCUT2D eigenvalue weighted by Crippen LogP contribution is -2.27. The molecule has 0 saturated carbocycles. The second-order valence-corrected chi connectivity index (χ2v) is 9.24. The molecule has 1 fully saturated rings. The first kappa shape index (κ1) is 22.6. The molecule has 1 saturated heterocycles. The summed E-state index contributed by atoms with van der Waals surface area (Å²) in [6, 6.07) is 27.8. The molecule has 0 unspecified atom stereocenters. The van der Waals surface area contributed by atoms with E-state index in [-0.39, 0.29) is 17.7 Å². The van der Waals surface area contributed by atoms with E-state index in [4.69, 9.17) is 4.74 Å². The van der Waals surface area contributed by atoms with Gasteiger partial charge in [0.2, 0.25) is 0 Å². The fourth-order valence-electron chi connectivity index (χ4n) is 4.01. The van der Waals surface area contributed by atoms with Gasteiger partial charge in [-0.05, 0) is 64.9 Å². The van der Waals surface area contributed by atoms with Crippen molar-refractivity contribution in [3.63, 3.8) is 0 Å². The van der Waals surface area contributed by atoms with Crippen molar-refractivity contribution in [3.8, 4) is 5.75 Å². The average molecular weight is 480 g/mol. The zero-order valence-electron chi connectivity index (χ0n) is 18.9. The van der Waals surface area contributed by atoms with Crippen molar-refractivity contribution in [1.29, 1.82) is 0 Å². The van der Waals surface area contributed by atoms with Crippen LogP contribution in [0.4, 0.5) is 4.79 Å². The van der Waals surface area contributed by atoms with Gasteiger partial charge in [-0.25, -0.2) is 4.79 Å². The molecular weight excluding hydrogens is 458 g/mol. The highest BCUT2D eigenvalue weighted by Gasteiger charge is 2.35. The number of ether oxygens (including phenoxy) is 1. The van der Waals surface area contributed by atoms with Gasteiger partial charge in [-0.3, -0.25) is 14.5 Å². The van der Waals surface area contributed by atoms with Gasteiger partial charge in [0.1, 0.15) is 5.75 Å². The van der Waals surface area contributed by atoms with Crippen molar-refractivity contribution in [2.24, 2.45) is 0 Å². The summed E-state index contributed by atoms with van der Waals surface area (Å²) in [6.45, 7) is 2.20. The quantitative estimate of drug-likeness (QED) is 0.183. The molecule has 172 valence electrons. The first-order chi connectivity index (χ1) is 17.0. The van der Waals surface area contributed by atoms with E-state index in [0.717, 1.165) is 33.7 Å². The molecule has 6 heteroatoms. The number of imide groups is 1. The summed E-state index contributed by atoms with van der Waals surface area (Å²) in [5.74, 6) is -0.437. The highest BCUT2D eigenvalue weighted by atomic mass is 32.2. The second-order valence-electron chi connectivity index (χ2n) is 8.25. The average Bonchev–Trinajstić information content (AvgIpc) is 3.11. The number of carbonyl (C=O) groups is 3. The van der Waals surface area contributed by atoms with Crippen molar-refractivity contribution < 1.29 is 19.1 Å². The number of esters is 1. The maximum Gasteiger partial charge on any atom is 0.344 e. The Morgan fingerprint density at radius 3 is 2.54 bits per heavy atom. The molecule has 5 nitrogen and oxygen atoms in total. The van der Waals surface area contributed by atoms with Gasteiger partial charge in [0.25, 0.3) is 11.1 Å². The maximum absolute atomic E-state index is 12.9. The van der Waals surface area contributed by atoms with Crippen molar-refractivity contribution in [2.45, 2.75) is 13.5 Å². The largest absolute Gasteiger partial charge is 0.423 e. The Morgan fingerprint density at radius 2 is 1.69 bits per heavy atom. The first-order valence-corrected chi connectivity index (χ1v) is 11.9. The first-order valence-electron chi connectivity index (χ1n) is 11.1. The third kappa shape index (κ3) is 4.88.